The molecule has 0 aliphatic rings. The van der Waals surface area contributed by atoms with Crippen LogP contribution >= 0.6 is 0 Å². The molecule has 0 atom stereocenters. The average Bonchev–Trinajstić information content (AvgIpc) is 3.32. The molecule has 4 nitrogen and oxygen atoms in total. The molecule has 64 heavy (non-hydrogen) atoms. The summed E-state index contributed by atoms with van der Waals surface area (Å²) in [5.74, 6) is 1.61. The molecule has 0 saturated heterocycles. The molecule has 0 fully saturated rings. The zero-order chi connectivity index (χ0) is 44.4. The predicted octanol–water partition coefficient (Wildman–Crippen LogP) is 16.2. The Morgan fingerprint density at radius 1 is 0.359 bits per heavy atom. The number of aromatic nitrogens is 2. The molecular formula is C60H53N3O. The van der Waals surface area contributed by atoms with Crippen LogP contribution in [0, 0.1) is 0 Å². The third-order valence-electron chi connectivity index (χ3n) is 11.9. The van der Waals surface area contributed by atoms with E-state index in [1.807, 2.05) is 24.3 Å². The first-order valence-electron chi connectivity index (χ1n) is 22.0. The van der Waals surface area contributed by atoms with Crippen LogP contribution in [-0.4, -0.2) is 15.1 Å². The monoisotopic (exact) mass is 831 g/mol. The molecule has 7 aromatic carbocycles. The van der Waals surface area contributed by atoms with Gasteiger partial charge in [0.05, 0.1) is 17.1 Å². The van der Waals surface area contributed by atoms with E-state index in [0.717, 1.165) is 72.6 Å². The summed E-state index contributed by atoms with van der Waals surface area (Å²) in [6.45, 7) is 13.1. The van der Waals surface area contributed by atoms with Gasteiger partial charge in [0.25, 0.3) is 0 Å². The van der Waals surface area contributed by atoms with Crippen molar-refractivity contribution in [1.82, 2.24) is 9.97 Å². The van der Waals surface area contributed by atoms with Crippen molar-refractivity contribution in [3.63, 3.8) is 0 Å². The van der Waals surface area contributed by atoms with Gasteiger partial charge in [-0.15, -0.1) is 0 Å². The Balaban J connectivity index is 1.37. The van der Waals surface area contributed by atoms with E-state index in [2.05, 4.69) is 228 Å². The quantitative estimate of drug-likeness (QED) is 0.157. The summed E-state index contributed by atoms with van der Waals surface area (Å²) in [5, 5.41) is 12.3. The van der Waals surface area contributed by atoms with Crippen molar-refractivity contribution in [2.24, 2.45) is 0 Å². The Bertz CT molecular complexity index is 3060. The first kappa shape index (κ1) is 41.8. The van der Waals surface area contributed by atoms with E-state index in [4.69, 9.17) is 9.97 Å². The summed E-state index contributed by atoms with van der Waals surface area (Å²) in [6.07, 6.45) is 0. The fraction of sp³-hybridized carbons (Fsp3) is 0.133. The SMILES string of the molecule is CC(C)(C)c1cc(-c2cc(-c3ccccc3)cc(N(c3cc(-c4ccccc4)cc(-c4cccc(-c5ccccc5)c4)n3)c3ccccc3-c3ccccc3)n2)c(O)c(C(C)(C)C)c1. The molecule has 0 unspecified atom stereocenters. The Morgan fingerprint density at radius 2 is 0.812 bits per heavy atom. The minimum absolute atomic E-state index is 0.182. The lowest BCUT2D eigenvalue weighted by Gasteiger charge is -2.29. The topological polar surface area (TPSA) is 49.2 Å². The lowest BCUT2D eigenvalue weighted by molar-refractivity contribution is 0.446. The molecule has 0 aliphatic heterocycles. The predicted molar refractivity (Wildman–Crippen MR) is 268 cm³/mol. The van der Waals surface area contributed by atoms with Gasteiger partial charge >= 0.3 is 0 Å². The highest BCUT2D eigenvalue weighted by Crippen LogP contribution is 2.46. The zero-order valence-corrected chi connectivity index (χ0v) is 37.4. The molecule has 0 amide bonds. The Hall–Kier alpha value is -7.56. The molecule has 1 N–H and O–H groups in total. The van der Waals surface area contributed by atoms with Gasteiger partial charge < -0.3 is 5.11 Å². The van der Waals surface area contributed by atoms with Crippen molar-refractivity contribution in [2.75, 3.05) is 4.90 Å². The third kappa shape index (κ3) is 8.73. The molecule has 9 rings (SSSR count). The molecule has 0 radical (unpaired) electrons. The van der Waals surface area contributed by atoms with Gasteiger partial charge in [-0.3, -0.25) is 4.90 Å². The molecule has 0 bridgehead atoms. The number of aromatic hydroxyl groups is 1. The third-order valence-corrected chi connectivity index (χ3v) is 11.9. The lowest BCUT2D eigenvalue weighted by atomic mass is 9.78. The van der Waals surface area contributed by atoms with Crippen LogP contribution in [-0.2, 0) is 10.8 Å². The molecule has 2 heterocycles. The first-order valence-corrected chi connectivity index (χ1v) is 22.0. The second-order valence-electron chi connectivity index (χ2n) is 18.5. The van der Waals surface area contributed by atoms with Gasteiger partial charge in [0.2, 0.25) is 0 Å². The van der Waals surface area contributed by atoms with E-state index >= 15 is 0 Å². The van der Waals surface area contributed by atoms with Crippen LogP contribution in [0.25, 0.3) is 67.0 Å². The molecule has 0 saturated carbocycles. The van der Waals surface area contributed by atoms with Gasteiger partial charge in [-0.05, 0) is 97.8 Å². The number of hydrogen-bond acceptors (Lipinski definition) is 4. The Morgan fingerprint density at radius 3 is 1.36 bits per heavy atom. The minimum atomic E-state index is -0.323. The van der Waals surface area contributed by atoms with Crippen molar-refractivity contribution in [2.45, 2.75) is 52.4 Å². The normalized spacial score (nSPS) is 11.7. The maximum Gasteiger partial charge on any atom is 0.140 e. The van der Waals surface area contributed by atoms with E-state index in [0.29, 0.717) is 22.9 Å². The summed E-state index contributed by atoms with van der Waals surface area (Å²) in [5.41, 5.74) is 14.1. The minimum Gasteiger partial charge on any atom is -0.507 e. The van der Waals surface area contributed by atoms with Crippen LogP contribution in [0.15, 0.2) is 206 Å². The number of anilines is 3. The maximum atomic E-state index is 12.3. The standard InChI is InChI=1S/C60H53N3O/c1-59(2,3)49-39-51(58(64)52(40-49)60(4,5)6)54-36-48(43-26-15-9-16-27-43)38-57(62-54)63(55-33-20-19-32-50(55)44-28-17-10-18-29-44)56-37-47(42-24-13-8-14-25-42)35-53(61-56)46-31-21-30-45(34-46)41-22-11-7-12-23-41/h7-40,64H,1-6H3. The van der Waals surface area contributed by atoms with E-state index in [9.17, 15) is 5.11 Å². The zero-order valence-electron chi connectivity index (χ0n) is 37.4. The number of hydrogen-bond donors (Lipinski definition) is 1. The van der Waals surface area contributed by atoms with Gasteiger partial charge in [-0.2, -0.15) is 0 Å². The van der Waals surface area contributed by atoms with E-state index in [-0.39, 0.29) is 16.6 Å². The van der Waals surface area contributed by atoms with Crippen LogP contribution in [0.2, 0.25) is 0 Å². The number of pyridine rings is 2. The maximum absolute atomic E-state index is 12.3. The summed E-state index contributed by atoms with van der Waals surface area (Å²) < 4.78 is 0. The first-order chi connectivity index (χ1) is 30.9. The average molecular weight is 832 g/mol. The van der Waals surface area contributed by atoms with Gasteiger partial charge in [0.1, 0.15) is 17.4 Å². The fourth-order valence-electron chi connectivity index (χ4n) is 8.36. The Labute approximate surface area is 378 Å². The fourth-order valence-corrected chi connectivity index (χ4v) is 8.36. The molecule has 314 valence electrons. The van der Waals surface area contributed by atoms with Crippen LogP contribution in [0.5, 0.6) is 5.75 Å². The van der Waals surface area contributed by atoms with E-state index in [1.165, 1.54) is 0 Å². The van der Waals surface area contributed by atoms with Crippen molar-refractivity contribution < 1.29 is 5.11 Å². The van der Waals surface area contributed by atoms with Crippen LogP contribution in [0.3, 0.4) is 0 Å². The van der Waals surface area contributed by atoms with Crippen LogP contribution < -0.4 is 4.90 Å². The van der Waals surface area contributed by atoms with Crippen molar-refractivity contribution >= 4 is 17.3 Å². The highest BCUT2D eigenvalue weighted by Gasteiger charge is 2.28. The smallest absolute Gasteiger partial charge is 0.140 e. The van der Waals surface area contributed by atoms with Crippen molar-refractivity contribution in [3.05, 3.63) is 217 Å². The second-order valence-corrected chi connectivity index (χ2v) is 18.5. The highest BCUT2D eigenvalue weighted by atomic mass is 16.3. The number of benzene rings is 7. The van der Waals surface area contributed by atoms with Gasteiger partial charge in [-0.1, -0.05) is 205 Å². The van der Waals surface area contributed by atoms with E-state index < -0.39 is 0 Å². The van der Waals surface area contributed by atoms with E-state index in [1.54, 1.807) is 0 Å². The lowest BCUT2D eigenvalue weighted by Crippen LogP contribution is -2.17. The van der Waals surface area contributed by atoms with Crippen LogP contribution in [0.4, 0.5) is 17.3 Å². The van der Waals surface area contributed by atoms with Gasteiger partial charge in [0, 0.05) is 22.3 Å². The number of phenolic OH excluding ortho intramolecular Hbond substituents is 1. The second kappa shape index (κ2) is 17.3. The molecule has 2 aromatic heterocycles. The van der Waals surface area contributed by atoms with Crippen LogP contribution in [0.1, 0.15) is 52.7 Å². The number of rotatable bonds is 9. The molecule has 9 aromatic rings. The number of nitrogens with zero attached hydrogens (tertiary/aromatic N) is 3. The summed E-state index contributed by atoms with van der Waals surface area (Å²) in [4.78, 5) is 13.4. The summed E-state index contributed by atoms with van der Waals surface area (Å²) in [6, 6.07) is 71.9. The van der Waals surface area contributed by atoms with Gasteiger partial charge in [0.15, 0.2) is 0 Å². The summed E-state index contributed by atoms with van der Waals surface area (Å²) >= 11 is 0. The molecular weight excluding hydrogens is 779 g/mol. The molecule has 0 spiro atoms. The van der Waals surface area contributed by atoms with Gasteiger partial charge in [-0.25, -0.2) is 9.97 Å². The summed E-state index contributed by atoms with van der Waals surface area (Å²) in [7, 11) is 0. The number of phenols is 1. The van der Waals surface area contributed by atoms with Crippen molar-refractivity contribution in [1.29, 1.82) is 0 Å². The molecule has 0 aliphatic carbocycles. The molecule has 4 heteroatoms. The Kier molecular flexibility index (Phi) is 11.3. The number of para-hydroxylation sites is 1. The highest BCUT2D eigenvalue weighted by molar-refractivity contribution is 5.90. The van der Waals surface area contributed by atoms with Crippen molar-refractivity contribution in [3.8, 4) is 72.8 Å². The largest absolute Gasteiger partial charge is 0.507 e.